The van der Waals surface area contributed by atoms with Crippen molar-refractivity contribution in [2.24, 2.45) is 0 Å². The van der Waals surface area contributed by atoms with Crippen molar-refractivity contribution in [3.05, 3.63) is 64.8 Å². The Bertz CT molecular complexity index is 976. The van der Waals surface area contributed by atoms with Crippen LogP contribution in [0.25, 0.3) is 11.3 Å². The van der Waals surface area contributed by atoms with Gasteiger partial charge in [0.25, 0.3) is 5.91 Å². The summed E-state index contributed by atoms with van der Waals surface area (Å²) in [5.74, 6) is 1.10. The van der Waals surface area contributed by atoms with Crippen molar-refractivity contribution in [1.29, 1.82) is 0 Å². The number of rotatable bonds is 4. The first-order chi connectivity index (χ1) is 12.6. The molecule has 1 atom stereocenters. The zero-order chi connectivity index (χ0) is 18.3. The van der Waals surface area contributed by atoms with Gasteiger partial charge in [-0.05, 0) is 24.6 Å². The van der Waals surface area contributed by atoms with Crippen molar-refractivity contribution < 1.29 is 14.3 Å². The standard InChI is InChI=1S/C20H19N3O3/c1-11-4-6-12(7-5-11)18-16-17(21-20(24)19(16)23-22-18)13-8-9-14(25-2)15(10-13)26-3/h4-10,17H,1-3H3,(H,21,24)(H,22,23). The fourth-order valence-electron chi connectivity index (χ4n) is 3.29. The van der Waals surface area contributed by atoms with Crippen LogP contribution in [0.3, 0.4) is 0 Å². The number of aromatic nitrogens is 2. The van der Waals surface area contributed by atoms with Crippen molar-refractivity contribution in [3.63, 3.8) is 0 Å². The SMILES string of the molecule is COc1ccc(C2NC(=O)c3[nH]nc(-c4ccc(C)cc4)c32)cc1OC. The van der Waals surface area contributed by atoms with Crippen LogP contribution in [0.5, 0.6) is 11.5 Å². The second kappa shape index (κ2) is 6.22. The lowest BCUT2D eigenvalue weighted by molar-refractivity contribution is 0.0955. The van der Waals surface area contributed by atoms with Crippen LogP contribution in [0.2, 0.25) is 0 Å². The molecule has 0 aliphatic carbocycles. The van der Waals surface area contributed by atoms with E-state index in [1.165, 1.54) is 5.56 Å². The molecule has 26 heavy (non-hydrogen) atoms. The third-order valence-corrected chi connectivity index (χ3v) is 4.66. The summed E-state index contributed by atoms with van der Waals surface area (Å²) < 4.78 is 10.7. The molecule has 0 bridgehead atoms. The third-order valence-electron chi connectivity index (χ3n) is 4.66. The second-order valence-corrected chi connectivity index (χ2v) is 6.25. The number of nitrogens with zero attached hydrogens (tertiary/aromatic N) is 1. The molecule has 132 valence electrons. The van der Waals surface area contributed by atoms with E-state index in [-0.39, 0.29) is 11.9 Å². The Balaban J connectivity index is 1.82. The molecule has 1 aliphatic rings. The van der Waals surface area contributed by atoms with Crippen molar-refractivity contribution >= 4 is 5.91 Å². The molecule has 0 fully saturated rings. The number of benzene rings is 2. The van der Waals surface area contributed by atoms with Gasteiger partial charge < -0.3 is 14.8 Å². The Morgan fingerprint density at radius 1 is 1.00 bits per heavy atom. The maximum atomic E-state index is 12.4. The lowest BCUT2D eigenvalue weighted by atomic mass is 9.96. The van der Waals surface area contributed by atoms with Gasteiger partial charge in [0.2, 0.25) is 0 Å². The minimum absolute atomic E-state index is 0.161. The summed E-state index contributed by atoms with van der Waals surface area (Å²) in [5.41, 5.74) is 5.18. The maximum absolute atomic E-state index is 12.4. The summed E-state index contributed by atoms with van der Waals surface area (Å²) in [5, 5.41) is 10.3. The highest BCUT2D eigenvalue weighted by atomic mass is 16.5. The highest BCUT2D eigenvalue weighted by Crippen LogP contribution is 2.39. The lowest BCUT2D eigenvalue weighted by Crippen LogP contribution is -2.21. The third kappa shape index (κ3) is 2.50. The van der Waals surface area contributed by atoms with Crippen LogP contribution in [0.1, 0.15) is 33.2 Å². The van der Waals surface area contributed by atoms with Crippen LogP contribution >= 0.6 is 0 Å². The molecule has 2 N–H and O–H groups in total. The molecule has 1 amide bonds. The first-order valence-corrected chi connectivity index (χ1v) is 8.30. The number of fused-ring (bicyclic) bond motifs is 1. The Morgan fingerprint density at radius 3 is 2.42 bits per heavy atom. The molecular formula is C20H19N3O3. The molecule has 6 heteroatoms. The molecule has 0 radical (unpaired) electrons. The number of nitrogens with one attached hydrogen (secondary N) is 2. The predicted octanol–water partition coefficient (Wildman–Crippen LogP) is 3.24. The monoisotopic (exact) mass is 349 g/mol. The molecule has 0 saturated carbocycles. The molecule has 2 aromatic carbocycles. The summed E-state index contributed by atoms with van der Waals surface area (Å²) in [6, 6.07) is 13.4. The normalized spacial score (nSPS) is 15.5. The first kappa shape index (κ1) is 16.2. The van der Waals surface area contributed by atoms with Crippen LogP contribution < -0.4 is 14.8 Å². The van der Waals surface area contributed by atoms with E-state index < -0.39 is 0 Å². The minimum Gasteiger partial charge on any atom is -0.493 e. The van der Waals surface area contributed by atoms with E-state index in [9.17, 15) is 4.79 Å². The van der Waals surface area contributed by atoms with Gasteiger partial charge in [-0.1, -0.05) is 35.9 Å². The van der Waals surface area contributed by atoms with E-state index >= 15 is 0 Å². The Kier molecular flexibility index (Phi) is 3.88. The zero-order valence-electron chi connectivity index (χ0n) is 14.8. The highest BCUT2D eigenvalue weighted by Gasteiger charge is 2.35. The molecule has 4 rings (SSSR count). The Hall–Kier alpha value is -3.28. The van der Waals surface area contributed by atoms with Gasteiger partial charge in [-0.3, -0.25) is 9.89 Å². The summed E-state index contributed by atoms with van der Waals surface area (Å²) in [4.78, 5) is 12.4. The van der Waals surface area contributed by atoms with Crippen molar-refractivity contribution in [3.8, 4) is 22.8 Å². The van der Waals surface area contributed by atoms with Gasteiger partial charge in [-0.2, -0.15) is 5.10 Å². The smallest absolute Gasteiger partial charge is 0.270 e. The highest BCUT2D eigenvalue weighted by molar-refractivity contribution is 6.00. The van der Waals surface area contributed by atoms with E-state index in [0.717, 1.165) is 22.4 Å². The number of methoxy groups -OCH3 is 2. The molecule has 3 aromatic rings. The maximum Gasteiger partial charge on any atom is 0.270 e. The molecule has 1 aliphatic heterocycles. The van der Waals surface area contributed by atoms with Crippen LogP contribution in [0.15, 0.2) is 42.5 Å². The van der Waals surface area contributed by atoms with Gasteiger partial charge in [0.15, 0.2) is 11.5 Å². The Morgan fingerprint density at radius 2 is 1.73 bits per heavy atom. The number of aromatic amines is 1. The van der Waals surface area contributed by atoms with Crippen molar-refractivity contribution in [1.82, 2.24) is 15.5 Å². The van der Waals surface area contributed by atoms with E-state index in [4.69, 9.17) is 9.47 Å². The van der Waals surface area contributed by atoms with Gasteiger partial charge >= 0.3 is 0 Å². The number of aryl methyl sites for hydroxylation is 1. The zero-order valence-corrected chi connectivity index (χ0v) is 14.8. The van der Waals surface area contributed by atoms with Crippen molar-refractivity contribution in [2.75, 3.05) is 14.2 Å². The summed E-state index contributed by atoms with van der Waals surface area (Å²) >= 11 is 0. The molecule has 2 heterocycles. The van der Waals surface area contributed by atoms with E-state index in [2.05, 4.69) is 15.5 Å². The topological polar surface area (TPSA) is 76.2 Å². The van der Waals surface area contributed by atoms with Gasteiger partial charge in [0.05, 0.1) is 26.0 Å². The molecule has 0 saturated heterocycles. The largest absolute Gasteiger partial charge is 0.493 e. The second-order valence-electron chi connectivity index (χ2n) is 6.25. The first-order valence-electron chi connectivity index (χ1n) is 8.30. The van der Waals surface area contributed by atoms with Gasteiger partial charge in [0.1, 0.15) is 5.69 Å². The Labute approximate surface area is 151 Å². The quantitative estimate of drug-likeness (QED) is 0.758. The van der Waals surface area contributed by atoms with E-state index in [1.54, 1.807) is 14.2 Å². The number of ether oxygens (including phenoxy) is 2. The summed E-state index contributed by atoms with van der Waals surface area (Å²) in [6.07, 6.45) is 0. The fraction of sp³-hybridized carbons (Fsp3) is 0.200. The number of hydrogen-bond acceptors (Lipinski definition) is 4. The van der Waals surface area contributed by atoms with Gasteiger partial charge in [-0.25, -0.2) is 0 Å². The van der Waals surface area contributed by atoms with Crippen LogP contribution in [-0.2, 0) is 0 Å². The van der Waals surface area contributed by atoms with Crippen LogP contribution in [0, 0.1) is 6.92 Å². The van der Waals surface area contributed by atoms with Crippen LogP contribution in [-0.4, -0.2) is 30.3 Å². The predicted molar refractivity (Wildman–Crippen MR) is 97.6 cm³/mol. The molecule has 1 unspecified atom stereocenters. The van der Waals surface area contributed by atoms with Gasteiger partial charge in [0, 0.05) is 11.1 Å². The molecule has 1 aromatic heterocycles. The molecule has 0 spiro atoms. The number of H-pyrrole nitrogens is 1. The number of carbonyl (C=O) groups excluding carboxylic acids is 1. The molecule has 6 nitrogen and oxygen atoms in total. The van der Waals surface area contributed by atoms with E-state index in [0.29, 0.717) is 17.2 Å². The number of hydrogen-bond donors (Lipinski definition) is 2. The summed E-state index contributed by atoms with van der Waals surface area (Å²) in [7, 11) is 3.19. The number of carbonyl (C=O) groups is 1. The minimum atomic E-state index is -0.299. The fourth-order valence-corrected chi connectivity index (χ4v) is 3.29. The van der Waals surface area contributed by atoms with Gasteiger partial charge in [-0.15, -0.1) is 0 Å². The average Bonchev–Trinajstić information content (AvgIpc) is 3.23. The average molecular weight is 349 g/mol. The van der Waals surface area contributed by atoms with E-state index in [1.807, 2.05) is 49.4 Å². The van der Waals surface area contributed by atoms with Crippen molar-refractivity contribution in [2.45, 2.75) is 13.0 Å². The van der Waals surface area contributed by atoms with Crippen LogP contribution in [0.4, 0.5) is 0 Å². The number of amides is 1. The molecular weight excluding hydrogens is 330 g/mol. The summed E-state index contributed by atoms with van der Waals surface area (Å²) in [6.45, 7) is 2.04. The lowest BCUT2D eigenvalue weighted by Gasteiger charge is -2.16.